The Morgan fingerprint density at radius 1 is 0.895 bits per heavy atom. The molecule has 0 aliphatic carbocycles. The number of halogens is 6. The first-order chi connectivity index (χ1) is 8.69. The van der Waals surface area contributed by atoms with Crippen LogP contribution in [0.1, 0.15) is 11.1 Å². The predicted molar refractivity (Wildman–Crippen MR) is 57.6 cm³/mol. The van der Waals surface area contributed by atoms with Crippen molar-refractivity contribution in [1.82, 2.24) is 4.98 Å². The zero-order valence-electron chi connectivity index (χ0n) is 9.01. The number of aromatic nitrogens is 1. The second-order valence-electron chi connectivity index (χ2n) is 3.59. The van der Waals surface area contributed by atoms with Gasteiger partial charge in [0.15, 0.2) is 0 Å². The highest BCUT2D eigenvalue weighted by molar-refractivity contribution is 7.13. The highest BCUT2D eigenvalue weighted by Crippen LogP contribution is 2.42. The van der Waals surface area contributed by atoms with Crippen LogP contribution in [-0.4, -0.2) is 4.98 Å². The van der Waals surface area contributed by atoms with Crippen molar-refractivity contribution in [2.24, 2.45) is 0 Å². The van der Waals surface area contributed by atoms with Gasteiger partial charge in [0, 0.05) is 17.1 Å². The Morgan fingerprint density at radius 2 is 1.53 bits per heavy atom. The molecule has 0 aliphatic heterocycles. The van der Waals surface area contributed by atoms with Gasteiger partial charge in [-0.25, -0.2) is 4.98 Å². The molecular weight excluding hydrogens is 292 g/mol. The lowest BCUT2D eigenvalue weighted by Crippen LogP contribution is -2.16. The second-order valence-corrected chi connectivity index (χ2v) is 4.49. The van der Waals surface area contributed by atoms with E-state index in [0.717, 1.165) is 17.4 Å². The molecule has 1 heterocycles. The van der Waals surface area contributed by atoms with Crippen molar-refractivity contribution >= 4 is 11.3 Å². The molecule has 1 aromatic carbocycles. The molecular formula is C11H5F6NS. The molecule has 2 rings (SSSR count). The first kappa shape index (κ1) is 13.9. The fourth-order valence-electron chi connectivity index (χ4n) is 1.53. The molecule has 0 amide bonds. The standard InChI is InChI=1S/C11H5F6NS/c12-10(13,14)7-2-1-6(9-18-3-4-19-9)5-8(7)11(15,16)17/h1-5H. The van der Waals surface area contributed by atoms with Crippen molar-refractivity contribution in [3.63, 3.8) is 0 Å². The highest BCUT2D eigenvalue weighted by atomic mass is 32.1. The Bertz CT molecular complexity index is 570. The number of thiazole rings is 1. The summed E-state index contributed by atoms with van der Waals surface area (Å²) in [6.45, 7) is 0. The number of alkyl halides is 6. The molecule has 102 valence electrons. The Morgan fingerprint density at radius 3 is 2.00 bits per heavy atom. The van der Waals surface area contributed by atoms with E-state index in [-0.39, 0.29) is 10.6 Å². The molecule has 1 nitrogen and oxygen atoms in total. The molecule has 8 heteroatoms. The fraction of sp³-hybridized carbons (Fsp3) is 0.182. The van der Waals surface area contributed by atoms with Gasteiger partial charge in [0.05, 0.1) is 11.1 Å². The number of nitrogens with zero attached hydrogens (tertiary/aromatic N) is 1. The maximum atomic E-state index is 12.7. The molecule has 0 N–H and O–H groups in total. The van der Waals surface area contributed by atoms with Crippen molar-refractivity contribution in [3.05, 3.63) is 40.9 Å². The van der Waals surface area contributed by atoms with Gasteiger partial charge in [0.25, 0.3) is 0 Å². The van der Waals surface area contributed by atoms with Crippen LogP contribution in [-0.2, 0) is 12.4 Å². The summed E-state index contributed by atoms with van der Waals surface area (Å²) in [5, 5.41) is 1.76. The van der Waals surface area contributed by atoms with Crippen LogP contribution < -0.4 is 0 Å². The van der Waals surface area contributed by atoms with E-state index in [9.17, 15) is 26.3 Å². The van der Waals surface area contributed by atoms with E-state index >= 15 is 0 Å². The molecule has 1 aromatic heterocycles. The van der Waals surface area contributed by atoms with Gasteiger partial charge in [-0.1, -0.05) is 6.07 Å². The van der Waals surface area contributed by atoms with Gasteiger partial charge in [0.1, 0.15) is 5.01 Å². The quantitative estimate of drug-likeness (QED) is 0.686. The maximum Gasteiger partial charge on any atom is 0.417 e. The van der Waals surface area contributed by atoms with Gasteiger partial charge >= 0.3 is 12.4 Å². The van der Waals surface area contributed by atoms with E-state index in [1.165, 1.54) is 11.6 Å². The minimum absolute atomic E-state index is 0.00956. The normalized spacial score (nSPS) is 12.7. The van der Waals surface area contributed by atoms with E-state index in [4.69, 9.17) is 0 Å². The summed E-state index contributed by atoms with van der Waals surface area (Å²) in [7, 11) is 0. The Labute approximate surface area is 107 Å². The summed E-state index contributed by atoms with van der Waals surface area (Å²) in [5.41, 5.74) is -3.39. The molecule has 0 fully saturated rings. The Kier molecular flexibility index (Phi) is 3.29. The predicted octanol–water partition coefficient (Wildman–Crippen LogP) is 4.85. The molecule has 0 bridgehead atoms. The zero-order valence-corrected chi connectivity index (χ0v) is 9.83. The molecule has 0 radical (unpaired) electrons. The molecule has 0 spiro atoms. The topological polar surface area (TPSA) is 12.9 Å². The van der Waals surface area contributed by atoms with Crippen molar-refractivity contribution in [2.45, 2.75) is 12.4 Å². The van der Waals surface area contributed by atoms with Gasteiger partial charge in [-0.15, -0.1) is 11.3 Å². The average molecular weight is 297 g/mol. The smallest absolute Gasteiger partial charge is 0.245 e. The summed E-state index contributed by atoms with van der Waals surface area (Å²) in [4.78, 5) is 3.77. The minimum atomic E-state index is -5.07. The zero-order chi connectivity index (χ0) is 14.3. The molecule has 0 saturated carbocycles. The summed E-state index contributed by atoms with van der Waals surface area (Å²) in [6, 6.07) is 1.89. The van der Waals surface area contributed by atoms with Crippen LogP contribution in [0.4, 0.5) is 26.3 Å². The molecule has 19 heavy (non-hydrogen) atoms. The third-order valence-corrected chi connectivity index (χ3v) is 3.13. The Balaban J connectivity index is 2.61. The number of rotatable bonds is 1. The number of benzene rings is 1. The summed E-state index contributed by atoms with van der Waals surface area (Å²) in [5.74, 6) is 0. The third kappa shape index (κ3) is 2.89. The van der Waals surface area contributed by atoms with Gasteiger partial charge < -0.3 is 0 Å². The van der Waals surface area contributed by atoms with Crippen LogP contribution in [0.2, 0.25) is 0 Å². The minimum Gasteiger partial charge on any atom is -0.245 e. The first-order valence-corrected chi connectivity index (χ1v) is 5.76. The second kappa shape index (κ2) is 4.52. The molecule has 0 atom stereocenters. The lowest BCUT2D eigenvalue weighted by Gasteiger charge is -2.16. The van der Waals surface area contributed by atoms with Crippen LogP contribution in [0.5, 0.6) is 0 Å². The summed E-state index contributed by atoms with van der Waals surface area (Å²) < 4.78 is 75.7. The van der Waals surface area contributed by atoms with Crippen LogP contribution in [0.3, 0.4) is 0 Å². The van der Waals surface area contributed by atoms with Gasteiger partial charge in [0.2, 0.25) is 0 Å². The van der Waals surface area contributed by atoms with Crippen molar-refractivity contribution in [1.29, 1.82) is 0 Å². The Hall–Kier alpha value is -1.57. The first-order valence-electron chi connectivity index (χ1n) is 4.88. The monoisotopic (exact) mass is 297 g/mol. The molecule has 0 saturated heterocycles. The van der Waals surface area contributed by atoms with Crippen molar-refractivity contribution in [3.8, 4) is 10.6 Å². The van der Waals surface area contributed by atoms with Crippen LogP contribution in [0.25, 0.3) is 10.6 Å². The average Bonchev–Trinajstić information content (AvgIpc) is 2.79. The van der Waals surface area contributed by atoms with Crippen LogP contribution in [0.15, 0.2) is 29.8 Å². The van der Waals surface area contributed by atoms with E-state index in [1.54, 1.807) is 0 Å². The number of hydrogen-bond acceptors (Lipinski definition) is 2. The fourth-order valence-corrected chi connectivity index (χ4v) is 2.16. The lowest BCUT2D eigenvalue weighted by atomic mass is 10.0. The van der Waals surface area contributed by atoms with Gasteiger partial charge in [-0.2, -0.15) is 26.3 Å². The maximum absolute atomic E-state index is 12.7. The largest absolute Gasteiger partial charge is 0.417 e. The SMILES string of the molecule is FC(F)(F)c1ccc(-c2nccs2)cc1C(F)(F)F. The summed E-state index contributed by atoms with van der Waals surface area (Å²) >= 11 is 1.05. The highest BCUT2D eigenvalue weighted by Gasteiger charge is 2.43. The van der Waals surface area contributed by atoms with E-state index in [1.807, 2.05) is 0 Å². The van der Waals surface area contributed by atoms with Crippen molar-refractivity contribution in [2.75, 3.05) is 0 Å². The number of hydrogen-bond donors (Lipinski definition) is 0. The molecule has 0 aliphatic rings. The van der Waals surface area contributed by atoms with E-state index in [0.29, 0.717) is 12.1 Å². The lowest BCUT2D eigenvalue weighted by molar-refractivity contribution is -0.162. The van der Waals surface area contributed by atoms with Gasteiger partial charge in [-0.05, 0) is 12.1 Å². The van der Waals surface area contributed by atoms with Crippen molar-refractivity contribution < 1.29 is 26.3 Å². The third-order valence-electron chi connectivity index (χ3n) is 2.31. The molecule has 2 aromatic rings. The summed E-state index contributed by atoms with van der Waals surface area (Å²) in [6.07, 6.45) is -8.75. The van der Waals surface area contributed by atoms with Crippen LogP contribution >= 0.6 is 11.3 Å². The van der Waals surface area contributed by atoms with Gasteiger partial charge in [-0.3, -0.25) is 0 Å². The van der Waals surface area contributed by atoms with Crippen LogP contribution in [0, 0.1) is 0 Å². The van der Waals surface area contributed by atoms with E-state index in [2.05, 4.69) is 4.98 Å². The molecule has 0 unspecified atom stereocenters. The van der Waals surface area contributed by atoms with E-state index < -0.39 is 23.5 Å².